The molecule has 0 fully saturated rings. The SMILES string of the molecule is C1=CC(c2cnc(-c3ccccc3)s2)=C2C=CNC2N1. The number of aromatic nitrogens is 1. The predicted octanol–water partition coefficient (Wildman–Crippen LogP) is 3.12. The van der Waals surface area contributed by atoms with Crippen molar-refractivity contribution in [2.45, 2.75) is 6.17 Å². The van der Waals surface area contributed by atoms with Crippen molar-refractivity contribution in [2.24, 2.45) is 0 Å². The topological polar surface area (TPSA) is 37.0 Å². The molecule has 0 saturated heterocycles. The van der Waals surface area contributed by atoms with Crippen LogP contribution in [-0.4, -0.2) is 11.1 Å². The van der Waals surface area contributed by atoms with Crippen LogP contribution in [0.3, 0.4) is 0 Å². The lowest BCUT2D eigenvalue weighted by Gasteiger charge is -2.20. The van der Waals surface area contributed by atoms with E-state index in [4.69, 9.17) is 0 Å². The first kappa shape index (κ1) is 11.5. The highest BCUT2D eigenvalue weighted by Crippen LogP contribution is 2.34. The van der Waals surface area contributed by atoms with Crippen molar-refractivity contribution in [1.82, 2.24) is 15.6 Å². The second-order valence-corrected chi connectivity index (χ2v) is 5.73. The molecule has 0 spiro atoms. The molecule has 2 N–H and O–H groups in total. The Labute approximate surface area is 121 Å². The lowest BCUT2D eigenvalue weighted by Crippen LogP contribution is -2.36. The summed E-state index contributed by atoms with van der Waals surface area (Å²) in [6.45, 7) is 0. The van der Waals surface area contributed by atoms with Crippen LogP contribution in [-0.2, 0) is 0 Å². The van der Waals surface area contributed by atoms with E-state index in [1.54, 1.807) is 11.3 Å². The molecule has 0 aliphatic carbocycles. The summed E-state index contributed by atoms with van der Waals surface area (Å²) in [5, 5.41) is 7.63. The largest absolute Gasteiger partial charge is 0.368 e. The first-order valence-corrected chi connectivity index (χ1v) is 7.34. The Morgan fingerprint density at radius 3 is 2.65 bits per heavy atom. The molecule has 2 aromatic rings. The molecule has 3 nitrogen and oxygen atoms in total. The summed E-state index contributed by atoms with van der Waals surface area (Å²) in [7, 11) is 0. The summed E-state index contributed by atoms with van der Waals surface area (Å²) < 4.78 is 0. The zero-order valence-electron chi connectivity index (χ0n) is 10.7. The fourth-order valence-electron chi connectivity index (χ4n) is 2.46. The fourth-order valence-corrected chi connectivity index (χ4v) is 3.43. The average molecular weight is 279 g/mol. The molecule has 98 valence electrons. The van der Waals surface area contributed by atoms with Crippen molar-refractivity contribution in [3.8, 4) is 10.6 Å². The average Bonchev–Trinajstić information content (AvgIpc) is 3.17. The molecule has 20 heavy (non-hydrogen) atoms. The van der Waals surface area contributed by atoms with Gasteiger partial charge in [-0.3, -0.25) is 0 Å². The molecule has 4 heteroatoms. The normalized spacial score (nSPS) is 19.7. The maximum absolute atomic E-state index is 4.56. The molecule has 0 radical (unpaired) electrons. The Morgan fingerprint density at radius 1 is 1.00 bits per heavy atom. The highest BCUT2D eigenvalue weighted by atomic mass is 32.1. The first-order valence-electron chi connectivity index (χ1n) is 6.53. The van der Waals surface area contributed by atoms with Gasteiger partial charge in [-0.25, -0.2) is 4.98 Å². The third-order valence-corrected chi connectivity index (χ3v) is 4.53. The van der Waals surface area contributed by atoms with Gasteiger partial charge in [0, 0.05) is 22.9 Å². The Bertz CT molecular complexity index is 725. The van der Waals surface area contributed by atoms with Gasteiger partial charge in [-0.2, -0.15) is 0 Å². The third kappa shape index (κ3) is 1.85. The van der Waals surface area contributed by atoms with Crippen molar-refractivity contribution in [2.75, 3.05) is 0 Å². The van der Waals surface area contributed by atoms with Crippen LogP contribution in [0.5, 0.6) is 0 Å². The van der Waals surface area contributed by atoms with E-state index in [0.717, 1.165) is 5.01 Å². The van der Waals surface area contributed by atoms with Gasteiger partial charge in [-0.1, -0.05) is 30.3 Å². The Kier molecular flexibility index (Phi) is 2.67. The number of benzene rings is 1. The van der Waals surface area contributed by atoms with E-state index in [2.05, 4.69) is 39.9 Å². The molecule has 2 aliphatic rings. The van der Waals surface area contributed by atoms with E-state index >= 15 is 0 Å². The van der Waals surface area contributed by atoms with Crippen LogP contribution in [0.2, 0.25) is 0 Å². The van der Waals surface area contributed by atoms with Crippen molar-refractivity contribution in [3.63, 3.8) is 0 Å². The third-order valence-electron chi connectivity index (χ3n) is 3.45. The smallest absolute Gasteiger partial charge is 0.123 e. The number of rotatable bonds is 2. The van der Waals surface area contributed by atoms with Gasteiger partial charge in [-0.05, 0) is 24.6 Å². The molecule has 4 rings (SSSR count). The van der Waals surface area contributed by atoms with Crippen LogP contribution in [0.1, 0.15) is 4.88 Å². The minimum absolute atomic E-state index is 0.192. The molecule has 0 amide bonds. The summed E-state index contributed by atoms with van der Waals surface area (Å²) in [4.78, 5) is 5.77. The number of hydrogen-bond donors (Lipinski definition) is 2. The summed E-state index contributed by atoms with van der Waals surface area (Å²) >= 11 is 1.73. The highest BCUT2D eigenvalue weighted by molar-refractivity contribution is 7.16. The van der Waals surface area contributed by atoms with E-state index in [9.17, 15) is 0 Å². The van der Waals surface area contributed by atoms with Gasteiger partial charge in [0.1, 0.15) is 11.2 Å². The van der Waals surface area contributed by atoms with Gasteiger partial charge < -0.3 is 10.6 Å². The molecule has 1 aromatic carbocycles. The van der Waals surface area contributed by atoms with Crippen molar-refractivity contribution >= 4 is 16.9 Å². The van der Waals surface area contributed by atoms with Gasteiger partial charge >= 0.3 is 0 Å². The summed E-state index contributed by atoms with van der Waals surface area (Å²) in [6.07, 6.45) is 10.4. The van der Waals surface area contributed by atoms with Crippen LogP contribution >= 0.6 is 11.3 Å². The quantitative estimate of drug-likeness (QED) is 0.887. The van der Waals surface area contributed by atoms with Gasteiger partial charge in [0.2, 0.25) is 0 Å². The lowest BCUT2D eigenvalue weighted by molar-refractivity contribution is 0.636. The maximum Gasteiger partial charge on any atom is 0.123 e. The molecule has 3 heterocycles. The van der Waals surface area contributed by atoms with E-state index in [0.29, 0.717) is 0 Å². The molecular weight excluding hydrogens is 266 g/mol. The van der Waals surface area contributed by atoms with Crippen LogP contribution in [0.25, 0.3) is 16.1 Å². The zero-order valence-corrected chi connectivity index (χ0v) is 11.5. The van der Waals surface area contributed by atoms with Crippen molar-refractivity contribution in [3.05, 3.63) is 71.5 Å². The number of fused-ring (bicyclic) bond motifs is 1. The Morgan fingerprint density at radius 2 is 1.80 bits per heavy atom. The number of dihydropyridines is 1. The molecule has 1 unspecified atom stereocenters. The summed E-state index contributed by atoms with van der Waals surface area (Å²) in [6, 6.07) is 10.3. The Balaban J connectivity index is 1.76. The Hall–Kier alpha value is -2.33. The van der Waals surface area contributed by atoms with E-state index in [-0.39, 0.29) is 6.17 Å². The van der Waals surface area contributed by atoms with E-state index in [1.165, 1.54) is 21.6 Å². The second-order valence-electron chi connectivity index (χ2n) is 4.70. The first-order chi connectivity index (χ1) is 9.92. The molecular formula is C16H13N3S. The number of nitrogens with one attached hydrogen (secondary N) is 2. The summed E-state index contributed by atoms with van der Waals surface area (Å²) in [5.41, 5.74) is 3.69. The van der Waals surface area contributed by atoms with Gasteiger partial charge in [0.25, 0.3) is 0 Å². The predicted molar refractivity (Wildman–Crippen MR) is 82.8 cm³/mol. The molecule has 1 aromatic heterocycles. The number of thiazole rings is 1. The number of allylic oxidation sites excluding steroid dienone is 2. The van der Waals surface area contributed by atoms with Crippen LogP contribution in [0.15, 0.2) is 66.7 Å². The fraction of sp³-hybridized carbons (Fsp3) is 0.0625. The molecule has 2 aliphatic heterocycles. The standard InChI is InChI=1S/C16H13N3S/c1-2-4-11(5-3-1)16-19-10-14(20-16)12-6-8-17-15-13(12)7-9-18-15/h1-10,15,17-18H. The second kappa shape index (κ2) is 4.65. The number of nitrogens with zero attached hydrogens (tertiary/aromatic N) is 1. The molecule has 0 saturated carbocycles. The van der Waals surface area contributed by atoms with Crippen LogP contribution in [0.4, 0.5) is 0 Å². The summed E-state index contributed by atoms with van der Waals surface area (Å²) in [5.74, 6) is 0. The van der Waals surface area contributed by atoms with Crippen LogP contribution in [0, 0.1) is 0 Å². The van der Waals surface area contributed by atoms with E-state index in [1.807, 2.05) is 36.8 Å². The molecule has 1 atom stereocenters. The van der Waals surface area contributed by atoms with Crippen molar-refractivity contribution < 1.29 is 0 Å². The number of hydrogen-bond acceptors (Lipinski definition) is 4. The monoisotopic (exact) mass is 279 g/mol. The van der Waals surface area contributed by atoms with Crippen LogP contribution < -0.4 is 10.6 Å². The lowest BCUT2D eigenvalue weighted by atomic mass is 10.0. The van der Waals surface area contributed by atoms with Gasteiger partial charge in [-0.15, -0.1) is 11.3 Å². The maximum atomic E-state index is 4.56. The highest BCUT2D eigenvalue weighted by Gasteiger charge is 2.22. The van der Waals surface area contributed by atoms with Crippen molar-refractivity contribution in [1.29, 1.82) is 0 Å². The minimum atomic E-state index is 0.192. The zero-order chi connectivity index (χ0) is 13.4. The van der Waals surface area contributed by atoms with E-state index < -0.39 is 0 Å². The van der Waals surface area contributed by atoms with Gasteiger partial charge in [0.15, 0.2) is 0 Å². The van der Waals surface area contributed by atoms with Gasteiger partial charge in [0.05, 0.1) is 4.88 Å². The molecule has 0 bridgehead atoms. The minimum Gasteiger partial charge on any atom is -0.368 e.